The highest BCUT2D eigenvalue weighted by molar-refractivity contribution is 5.70. The van der Waals surface area contributed by atoms with Crippen LogP contribution in [-0.2, 0) is 38.0 Å². The fourth-order valence-corrected chi connectivity index (χ4v) is 5.72. The van der Waals surface area contributed by atoms with Gasteiger partial charge < -0.3 is 64.2 Å². The molecule has 2 fully saturated rings. The number of ether oxygens (including phenoxy) is 6. The zero-order chi connectivity index (χ0) is 36.2. The number of hydrogen-bond acceptors (Lipinski definition) is 15. The van der Waals surface area contributed by atoms with E-state index in [0.717, 1.165) is 19.3 Å². The van der Waals surface area contributed by atoms with Crippen molar-refractivity contribution in [1.82, 2.24) is 0 Å². The van der Waals surface area contributed by atoms with E-state index in [0.29, 0.717) is 6.42 Å². The Kier molecular flexibility index (Phi) is 22.0. The first kappa shape index (κ1) is 43.7. The summed E-state index contributed by atoms with van der Waals surface area (Å²) in [5.41, 5.74) is 0. The molecule has 0 aliphatic carbocycles. The molecule has 0 aromatic heterocycles. The van der Waals surface area contributed by atoms with Crippen molar-refractivity contribution in [2.75, 3.05) is 26.4 Å². The largest absolute Gasteiger partial charge is 0.462 e. The van der Waals surface area contributed by atoms with Gasteiger partial charge in [-0.2, -0.15) is 0 Å². The highest BCUT2D eigenvalue weighted by Crippen LogP contribution is 2.26. The van der Waals surface area contributed by atoms with Crippen LogP contribution in [0.5, 0.6) is 0 Å². The minimum absolute atomic E-state index is 0.102. The molecule has 0 spiro atoms. The molecule has 2 heterocycles. The summed E-state index contributed by atoms with van der Waals surface area (Å²) in [7, 11) is 0. The van der Waals surface area contributed by atoms with E-state index in [9.17, 15) is 45.3 Å². The number of carbonyl (C=O) groups is 2. The van der Waals surface area contributed by atoms with Crippen LogP contribution in [0.4, 0.5) is 0 Å². The lowest BCUT2D eigenvalue weighted by molar-refractivity contribution is -0.332. The van der Waals surface area contributed by atoms with E-state index in [-0.39, 0.29) is 26.1 Å². The molecule has 0 bridgehead atoms. The van der Waals surface area contributed by atoms with Crippen LogP contribution >= 0.6 is 0 Å². The van der Waals surface area contributed by atoms with Crippen molar-refractivity contribution in [2.24, 2.45) is 0 Å². The minimum atomic E-state index is -1.75. The monoisotopic (exact) mass is 710 g/mol. The molecule has 2 aliphatic rings. The maximum absolute atomic E-state index is 12.6. The van der Waals surface area contributed by atoms with E-state index in [1.807, 2.05) is 0 Å². The Morgan fingerprint density at radius 1 is 0.592 bits per heavy atom. The molecular weight excluding hydrogens is 648 g/mol. The first-order valence-corrected chi connectivity index (χ1v) is 18.1. The standard InChI is InChI=1S/C34H62O15/c1-3-5-6-7-8-9-10-11-12-13-14-15-16-17-26(37)47-22(19-44-25(36)4-2)20-45-33-32(43)30(41)28(39)24(49-33)21-46-34-31(42)29(40)27(38)23(18-35)48-34/h22-24,27-35,38-43H,3-21H2,1-2H3. The van der Waals surface area contributed by atoms with Gasteiger partial charge in [-0.05, 0) is 6.42 Å². The van der Waals surface area contributed by atoms with Gasteiger partial charge in [0.2, 0.25) is 0 Å². The van der Waals surface area contributed by atoms with Crippen molar-refractivity contribution in [3.8, 4) is 0 Å². The lowest BCUT2D eigenvalue weighted by Crippen LogP contribution is -2.61. The molecule has 49 heavy (non-hydrogen) atoms. The zero-order valence-electron chi connectivity index (χ0n) is 29.2. The van der Waals surface area contributed by atoms with Crippen molar-refractivity contribution < 1.29 is 73.8 Å². The second kappa shape index (κ2) is 24.6. The van der Waals surface area contributed by atoms with Crippen molar-refractivity contribution in [3.05, 3.63) is 0 Å². The summed E-state index contributed by atoms with van der Waals surface area (Å²) in [4.78, 5) is 24.4. The molecule has 11 atom stereocenters. The summed E-state index contributed by atoms with van der Waals surface area (Å²) in [6.07, 6.45) is -1.33. The molecule has 11 unspecified atom stereocenters. The average molecular weight is 711 g/mol. The van der Waals surface area contributed by atoms with Crippen LogP contribution in [0.15, 0.2) is 0 Å². The fraction of sp³-hybridized carbons (Fsp3) is 0.941. The second-order valence-corrected chi connectivity index (χ2v) is 13.0. The predicted molar refractivity (Wildman–Crippen MR) is 174 cm³/mol. The summed E-state index contributed by atoms with van der Waals surface area (Å²) in [6, 6.07) is 0. The van der Waals surface area contributed by atoms with E-state index >= 15 is 0 Å². The molecule has 7 N–H and O–H groups in total. The molecule has 2 rings (SSSR count). The minimum Gasteiger partial charge on any atom is -0.462 e. The van der Waals surface area contributed by atoms with E-state index < -0.39 is 92.7 Å². The van der Waals surface area contributed by atoms with Gasteiger partial charge in [-0.1, -0.05) is 90.9 Å². The number of aliphatic hydroxyl groups is 7. The SMILES string of the molecule is CCCCCCCCCCCCCCCC(=O)OC(COC(=O)CC)COC1OC(COC2OC(CO)C(O)C(O)C2O)C(O)C(O)C1O. The molecule has 0 aromatic rings. The van der Waals surface area contributed by atoms with Crippen LogP contribution in [0, 0.1) is 0 Å². The molecule has 0 radical (unpaired) electrons. The molecule has 0 amide bonds. The van der Waals surface area contributed by atoms with E-state index in [1.54, 1.807) is 6.92 Å². The zero-order valence-corrected chi connectivity index (χ0v) is 29.2. The molecule has 0 saturated carbocycles. The van der Waals surface area contributed by atoms with Crippen LogP contribution in [0.3, 0.4) is 0 Å². The first-order valence-electron chi connectivity index (χ1n) is 18.1. The third kappa shape index (κ3) is 15.7. The van der Waals surface area contributed by atoms with E-state index in [1.165, 1.54) is 57.8 Å². The number of unbranched alkanes of at least 4 members (excludes halogenated alkanes) is 12. The number of rotatable bonds is 25. The van der Waals surface area contributed by atoms with Gasteiger partial charge >= 0.3 is 11.9 Å². The van der Waals surface area contributed by atoms with E-state index in [4.69, 9.17) is 28.4 Å². The normalized spacial score (nSPS) is 31.0. The average Bonchev–Trinajstić information content (AvgIpc) is 3.10. The van der Waals surface area contributed by atoms with Gasteiger partial charge in [-0.25, -0.2) is 0 Å². The van der Waals surface area contributed by atoms with Crippen LogP contribution in [-0.4, -0.2) is 142 Å². The van der Waals surface area contributed by atoms with Gasteiger partial charge in [0.05, 0.1) is 19.8 Å². The Hall–Kier alpha value is -1.50. The Morgan fingerprint density at radius 3 is 1.61 bits per heavy atom. The molecule has 2 aliphatic heterocycles. The van der Waals surface area contributed by atoms with Crippen LogP contribution < -0.4 is 0 Å². The van der Waals surface area contributed by atoms with Gasteiger partial charge in [0, 0.05) is 12.8 Å². The van der Waals surface area contributed by atoms with Crippen molar-refractivity contribution >= 4 is 11.9 Å². The van der Waals surface area contributed by atoms with Gasteiger partial charge in [0.1, 0.15) is 55.4 Å². The van der Waals surface area contributed by atoms with Crippen LogP contribution in [0.2, 0.25) is 0 Å². The maximum atomic E-state index is 12.6. The summed E-state index contributed by atoms with van der Waals surface area (Å²) >= 11 is 0. The van der Waals surface area contributed by atoms with E-state index in [2.05, 4.69) is 6.92 Å². The predicted octanol–water partition coefficient (Wildman–Crippen LogP) is 0.973. The first-order chi connectivity index (χ1) is 23.5. The number of carbonyl (C=O) groups excluding carboxylic acids is 2. The lowest BCUT2D eigenvalue weighted by atomic mass is 9.98. The quantitative estimate of drug-likeness (QED) is 0.0517. The third-order valence-corrected chi connectivity index (χ3v) is 8.89. The Bertz CT molecular complexity index is 892. The number of aliphatic hydroxyl groups excluding tert-OH is 7. The number of esters is 2. The molecular formula is C34H62O15. The highest BCUT2D eigenvalue weighted by Gasteiger charge is 2.47. The van der Waals surface area contributed by atoms with Crippen LogP contribution in [0.1, 0.15) is 110 Å². The second-order valence-electron chi connectivity index (χ2n) is 13.0. The molecule has 0 aromatic carbocycles. The highest BCUT2D eigenvalue weighted by atomic mass is 16.7. The van der Waals surface area contributed by atoms with Gasteiger partial charge in [-0.3, -0.25) is 9.59 Å². The summed E-state index contributed by atoms with van der Waals surface area (Å²) in [5.74, 6) is -1.02. The smallest absolute Gasteiger partial charge is 0.306 e. The van der Waals surface area contributed by atoms with Gasteiger partial charge in [0.15, 0.2) is 18.7 Å². The Labute approximate surface area is 289 Å². The summed E-state index contributed by atoms with van der Waals surface area (Å²) < 4.78 is 32.6. The topological polar surface area (TPSA) is 231 Å². The fourth-order valence-electron chi connectivity index (χ4n) is 5.72. The van der Waals surface area contributed by atoms with Gasteiger partial charge in [0.25, 0.3) is 0 Å². The van der Waals surface area contributed by atoms with Crippen molar-refractivity contribution in [3.63, 3.8) is 0 Å². The molecule has 15 nitrogen and oxygen atoms in total. The molecule has 2 saturated heterocycles. The van der Waals surface area contributed by atoms with Gasteiger partial charge in [-0.15, -0.1) is 0 Å². The van der Waals surface area contributed by atoms with Crippen molar-refractivity contribution in [2.45, 2.75) is 178 Å². The summed E-state index contributed by atoms with van der Waals surface area (Å²) in [6.45, 7) is 1.94. The summed E-state index contributed by atoms with van der Waals surface area (Å²) in [5, 5.41) is 70.9. The Balaban J connectivity index is 1.79. The maximum Gasteiger partial charge on any atom is 0.306 e. The molecule has 15 heteroatoms. The Morgan fingerprint density at radius 2 is 1.08 bits per heavy atom. The number of hydrogen-bond donors (Lipinski definition) is 7. The molecule has 288 valence electrons. The van der Waals surface area contributed by atoms with Crippen LogP contribution in [0.25, 0.3) is 0 Å². The third-order valence-electron chi connectivity index (χ3n) is 8.89. The van der Waals surface area contributed by atoms with Crippen molar-refractivity contribution in [1.29, 1.82) is 0 Å². The lowest BCUT2D eigenvalue weighted by Gasteiger charge is -2.42.